The first-order valence-electron chi connectivity index (χ1n) is 6.78. The van der Waals surface area contributed by atoms with Gasteiger partial charge in [0.2, 0.25) is 11.7 Å². The van der Waals surface area contributed by atoms with Crippen LogP contribution in [0, 0.1) is 0 Å². The summed E-state index contributed by atoms with van der Waals surface area (Å²) in [7, 11) is 0. The summed E-state index contributed by atoms with van der Waals surface area (Å²) >= 11 is 0. The molecule has 7 heteroatoms. The quantitative estimate of drug-likeness (QED) is 0.819. The monoisotopic (exact) mass is 268 g/mol. The van der Waals surface area contributed by atoms with Crippen LogP contribution in [0.1, 0.15) is 30.7 Å². The number of hydrogen-bond acceptors (Lipinski definition) is 7. The average Bonchev–Trinajstić information content (AvgIpc) is 3.07. The van der Waals surface area contributed by atoms with Crippen molar-refractivity contribution in [2.75, 3.05) is 39.5 Å². The Morgan fingerprint density at radius 1 is 1.42 bits per heavy atom. The Hall–Kier alpha value is -1.02. The standard InChI is InChI=1S/C12H20N4O3/c1-2-16-3-4-18-10(5-16)11-14-12(19-15-11)8-6-17-7-9(8)13/h8-10H,2-7,13H2,1H3. The van der Waals surface area contributed by atoms with Crippen LogP contribution in [0.3, 0.4) is 0 Å². The molecule has 0 aromatic carbocycles. The smallest absolute Gasteiger partial charge is 0.233 e. The SMILES string of the molecule is CCN1CCOC(c2noc(C3COCC3N)n2)C1. The molecule has 2 N–H and O–H groups in total. The molecule has 19 heavy (non-hydrogen) atoms. The van der Waals surface area contributed by atoms with Gasteiger partial charge in [0, 0.05) is 19.1 Å². The zero-order valence-corrected chi connectivity index (χ0v) is 11.1. The van der Waals surface area contributed by atoms with Crippen molar-refractivity contribution >= 4 is 0 Å². The van der Waals surface area contributed by atoms with Gasteiger partial charge in [-0.3, -0.25) is 4.90 Å². The van der Waals surface area contributed by atoms with Crippen molar-refractivity contribution in [1.29, 1.82) is 0 Å². The highest BCUT2D eigenvalue weighted by molar-refractivity contribution is 5.03. The van der Waals surface area contributed by atoms with Gasteiger partial charge in [-0.25, -0.2) is 0 Å². The van der Waals surface area contributed by atoms with Crippen LogP contribution < -0.4 is 5.73 Å². The number of rotatable bonds is 3. The molecular formula is C12H20N4O3. The van der Waals surface area contributed by atoms with Crippen molar-refractivity contribution in [2.45, 2.75) is 25.0 Å². The van der Waals surface area contributed by atoms with E-state index < -0.39 is 0 Å². The molecule has 1 aromatic rings. The number of ether oxygens (including phenoxy) is 2. The van der Waals surface area contributed by atoms with Crippen molar-refractivity contribution in [3.8, 4) is 0 Å². The number of hydrogen-bond donors (Lipinski definition) is 1. The molecule has 106 valence electrons. The number of nitrogens with two attached hydrogens (primary N) is 1. The highest BCUT2D eigenvalue weighted by Gasteiger charge is 2.33. The third-order valence-corrected chi connectivity index (χ3v) is 3.78. The first-order valence-corrected chi connectivity index (χ1v) is 6.78. The molecular weight excluding hydrogens is 248 g/mol. The van der Waals surface area contributed by atoms with Crippen LogP contribution in [0.2, 0.25) is 0 Å². The van der Waals surface area contributed by atoms with Gasteiger partial charge in [-0.1, -0.05) is 12.1 Å². The molecule has 1 aromatic heterocycles. The van der Waals surface area contributed by atoms with Gasteiger partial charge in [0.15, 0.2) is 0 Å². The molecule has 3 rings (SSSR count). The van der Waals surface area contributed by atoms with Crippen LogP contribution >= 0.6 is 0 Å². The van der Waals surface area contributed by atoms with E-state index in [2.05, 4.69) is 22.0 Å². The maximum Gasteiger partial charge on any atom is 0.233 e. The fourth-order valence-electron chi connectivity index (χ4n) is 2.50. The molecule has 2 aliphatic heterocycles. The summed E-state index contributed by atoms with van der Waals surface area (Å²) in [4.78, 5) is 6.76. The molecule has 0 spiro atoms. The molecule has 0 radical (unpaired) electrons. The Kier molecular flexibility index (Phi) is 3.79. The predicted molar refractivity (Wildman–Crippen MR) is 66.6 cm³/mol. The molecule has 0 aliphatic carbocycles. The lowest BCUT2D eigenvalue weighted by Gasteiger charge is -2.30. The summed E-state index contributed by atoms with van der Waals surface area (Å²) in [5.74, 6) is 1.19. The highest BCUT2D eigenvalue weighted by atomic mass is 16.5. The van der Waals surface area contributed by atoms with Crippen molar-refractivity contribution in [3.05, 3.63) is 11.7 Å². The lowest BCUT2D eigenvalue weighted by atomic mass is 10.1. The van der Waals surface area contributed by atoms with E-state index in [0.717, 1.165) is 19.6 Å². The normalized spacial score (nSPS) is 32.8. The van der Waals surface area contributed by atoms with Crippen molar-refractivity contribution in [2.24, 2.45) is 5.73 Å². The van der Waals surface area contributed by atoms with Crippen molar-refractivity contribution in [3.63, 3.8) is 0 Å². The van der Waals surface area contributed by atoms with E-state index in [9.17, 15) is 0 Å². The van der Waals surface area contributed by atoms with Gasteiger partial charge in [0.1, 0.15) is 6.10 Å². The third-order valence-electron chi connectivity index (χ3n) is 3.78. The van der Waals surface area contributed by atoms with Gasteiger partial charge in [0.05, 0.1) is 25.7 Å². The summed E-state index contributed by atoms with van der Waals surface area (Å²) in [6.07, 6.45) is -0.107. The summed E-state index contributed by atoms with van der Waals surface area (Å²) in [5, 5.41) is 4.04. The first-order chi connectivity index (χ1) is 9.28. The molecule has 3 atom stereocenters. The predicted octanol–water partition coefficient (Wildman–Crippen LogP) is -0.0961. The van der Waals surface area contributed by atoms with Crippen molar-refractivity contribution < 1.29 is 14.0 Å². The highest BCUT2D eigenvalue weighted by Crippen LogP contribution is 2.26. The summed E-state index contributed by atoms with van der Waals surface area (Å²) < 4.78 is 16.4. The van der Waals surface area contributed by atoms with Gasteiger partial charge < -0.3 is 19.7 Å². The molecule has 0 saturated carbocycles. The van der Waals surface area contributed by atoms with Crippen LogP contribution in [0.15, 0.2) is 4.52 Å². The second-order valence-corrected chi connectivity index (χ2v) is 5.05. The van der Waals surface area contributed by atoms with Crippen LogP contribution in [-0.4, -0.2) is 60.5 Å². The number of morpholine rings is 1. The van der Waals surface area contributed by atoms with Crippen LogP contribution in [0.25, 0.3) is 0 Å². The molecule has 3 unspecified atom stereocenters. The van der Waals surface area contributed by atoms with E-state index in [1.165, 1.54) is 0 Å². The Balaban J connectivity index is 1.70. The topological polar surface area (TPSA) is 86.6 Å². The Morgan fingerprint density at radius 2 is 2.32 bits per heavy atom. The first kappa shape index (κ1) is 13.0. The lowest BCUT2D eigenvalue weighted by Crippen LogP contribution is -2.38. The van der Waals surface area contributed by atoms with Crippen LogP contribution in [0.4, 0.5) is 0 Å². The van der Waals surface area contributed by atoms with Crippen LogP contribution in [-0.2, 0) is 9.47 Å². The fraction of sp³-hybridized carbons (Fsp3) is 0.833. The summed E-state index contributed by atoms with van der Waals surface area (Å²) in [6.45, 7) is 6.71. The van der Waals surface area contributed by atoms with Gasteiger partial charge in [-0.2, -0.15) is 4.98 Å². The van der Waals surface area contributed by atoms with Gasteiger partial charge in [0.25, 0.3) is 0 Å². The Bertz CT molecular complexity index is 425. The van der Waals surface area contributed by atoms with E-state index in [1.54, 1.807) is 0 Å². The molecule has 0 bridgehead atoms. The summed E-state index contributed by atoms with van der Waals surface area (Å²) in [5.41, 5.74) is 5.95. The lowest BCUT2D eigenvalue weighted by molar-refractivity contribution is -0.0334. The van der Waals surface area contributed by atoms with E-state index in [4.69, 9.17) is 19.7 Å². The maximum absolute atomic E-state index is 5.95. The fourth-order valence-corrected chi connectivity index (χ4v) is 2.50. The minimum absolute atomic E-state index is 0.00659. The Labute approximate surface area is 112 Å². The van der Waals surface area contributed by atoms with E-state index in [-0.39, 0.29) is 18.1 Å². The third kappa shape index (κ3) is 2.64. The average molecular weight is 268 g/mol. The van der Waals surface area contributed by atoms with E-state index >= 15 is 0 Å². The zero-order chi connectivity index (χ0) is 13.2. The molecule has 3 heterocycles. The summed E-state index contributed by atoms with van der Waals surface area (Å²) in [6, 6.07) is -0.0623. The largest absolute Gasteiger partial charge is 0.379 e. The number of nitrogens with zero attached hydrogens (tertiary/aromatic N) is 3. The zero-order valence-electron chi connectivity index (χ0n) is 11.1. The maximum atomic E-state index is 5.95. The minimum atomic E-state index is -0.107. The Morgan fingerprint density at radius 3 is 3.05 bits per heavy atom. The van der Waals surface area contributed by atoms with Gasteiger partial charge in [-0.05, 0) is 6.54 Å². The molecule has 2 aliphatic rings. The molecule has 2 fully saturated rings. The van der Waals surface area contributed by atoms with E-state index in [1.807, 2.05) is 0 Å². The molecule has 2 saturated heterocycles. The van der Waals surface area contributed by atoms with E-state index in [0.29, 0.717) is 31.5 Å². The number of aromatic nitrogens is 2. The van der Waals surface area contributed by atoms with Crippen LogP contribution in [0.5, 0.6) is 0 Å². The second-order valence-electron chi connectivity index (χ2n) is 5.05. The van der Waals surface area contributed by atoms with Crippen molar-refractivity contribution in [1.82, 2.24) is 15.0 Å². The van der Waals surface area contributed by atoms with Gasteiger partial charge in [-0.15, -0.1) is 0 Å². The molecule has 0 amide bonds. The second kappa shape index (κ2) is 5.54. The minimum Gasteiger partial charge on any atom is -0.379 e. The van der Waals surface area contributed by atoms with Gasteiger partial charge >= 0.3 is 0 Å². The molecule has 7 nitrogen and oxygen atoms in total. The number of likely N-dealkylation sites (N-methyl/N-ethyl adjacent to an activating group) is 1.